The Hall–Kier alpha value is -2.10. The molecule has 1 rings (SSSR count). The van der Waals surface area contributed by atoms with Crippen LogP contribution in [0.4, 0.5) is 0 Å². The molecule has 0 aromatic heterocycles. The summed E-state index contributed by atoms with van der Waals surface area (Å²) in [5, 5.41) is 0. The average molecular weight is 218 g/mol. The molecule has 0 heterocycles. The largest absolute Gasteiger partial charge is 0.298 e. The fourth-order valence-corrected chi connectivity index (χ4v) is 1.44. The van der Waals surface area contributed by atoms with Crippen molar-refractivity contribution in [3.05, 3.63) is 34.4 Å². The second kappa shape index (κ2) is 4.61. The van der Waals surface area contributed by atoms with Crippen molar-refractivity contribution < 1.29 is 19.2 Å². The number of benzene rings is 1. The van der Waals surface area contributed by atoms with E-state index < -0.39 is 0 Å². The molecule has 16 heavy (non-hydrogen) atoms. The van der Waals surface area contributed by atoms with Crippen molar-refractivity contribution in [3.8, 4) is 0 Å². The summed E-state index contributed by atoms with van der Waals surface area (Å²) in [5.41, 5.74) is 0.566. The Morgan fingerprint density at radius 2 is 1.25 bits per heavy atom. The third kappa shape index (κ3) is 2.11. The lowest BCUT2D eigenvalue weighted by Crippen LogP contribution is -2.06. The molecule has 0 radical (unpaired) electrons. The number of rotatable bonds is 4. The number of aldehydes is 2. The zero-order valence-electron chi connectivity index (χ0n) is 8.94. The van der Waals surface area contributed by atoms with E-state index in [9.17, 15) is 19.2 Å². The van der Waals surface area contributed by atoms with Gasteiger partial charge in [0.1, 0.15) is 0 Å². The number of carbonyl (C=O) groups is 4. The van der Waals surface area contributed by atoms with Gasteiger partial charge in [0.2, 0.25) is 0 Å². The lowest BCUT2D eigenvalue weighted by Gasteiger charge is -2.06. The molecule has 0 amide bonds. The quantitative estimate of drug-likeness (QED) is 0.570. The van der Waals surface area contributed by atoms with Gasteiger partial charge >= 0.3 is 0 Å². The molecule has 4 nitrogen and oxygen atoms in total. The highest BCUT2D eigenvalue weighted by Crippen LogP contribution is 2.16. The highest BCUT2D eigenvalue weighted by Gasteiger charge is 2.14. The van der Waals surface area contributed by atoms with Crippen LogP contribution >= 0.6 is 0 Å². The van der Waals surface area contributed by atoms with Crippen molar-refractivity contribution in [2.45, 2.75) is 13.8 Å². The first-order chi connectivity index (χ1) is 7.51. The maximum absolute atomic E-state index is 11.2. The van der Waals surface area contributed by atoms with Gasteiger partial charge in [-0.05, 0) is 26.0 Å². The van der Waals surface area contributed by atoms with Crippen molar-refractivity contribution in [1.82, 2.24) is 0 Å². The predicted molar refractivity (Wildman–Crippen MR) is 57.2 cm³/mol. The minimum atomic E-state index is -0.318. The predicted octanol–water partition coefficient (Wildman–Crippen LogP) is 1.72. The second-order valence-electron chi connectivity index (χ2n) is 3.37. The van der Waals surface area contributed by atoms with E-state index >= 15 is 0 Å². The zero-order chi connectivity index (χ0) is 12.3. The molecular weight excluding hydrogens is 208 g/mol. The van der Waals surface area contributed by atoms with Gasteiger partial charge < -0.3 is 0 Å². The number of ketones is 2. The van der Waals surface area contributed by atoms with Gasteiger partial charge in [0.05, 0.1) is 0 Å². The van der Waals surface area contributed by atoms with Crippen LogP contribution in [0, 0.1) is 0 Å². The van der Waals surface area contributed by atoms with Crippen molar-refractivity contribution in [2.24, 2.45) is 0 Å². The molecule has 0 spiro atoms. The van der Waals surface area contributed by atoms with Crippen LogP contribution in [-0.4, -0.2) is 24.1 Å². The highest BCUT2D eigenvalue weighted by atomic mass is 16.1. The first kappa shape index (κ1) is 12.0. The van der Waals surface area contributed by atoms with Crippen LogP contribution in [0.25, 0.3) is 0 Å². The number of carbonyl (C=O) groups excluding carboxylic acids is 4. The normalized spacial score (nSPS) is 9.62. The molecule has 0 aliphatic carbocycles. The molecule has 0 bridgehead atoms. The van der Waals surface area contributed by atoms with E-state index in [-0.39, 0.29) is 33.8 Å². The van der Waals surface area contributed by atoms with Crippen LogP contribution in [0.2, 0.25) is 0 Å². The van der Waals surface area contributed by atoms with Crippen LogP contribution in [0.1, 0.15) is 55.3 Å². The summed E-state index contributed by atoms with van der Waals surface area (Å²) in [6.45, 7) is 2.60. The number of hydrogen-bond donors (Lipinski definition) is 0. The molecule has 0 aliphatic rings. The average Bonchev–Trinajstić information content (AvgIpc) is 2.26. The van der Waals surface area contributed by atoms with Crippen LogP contribution in [0.15, 0.2) is 12.1 Å². The van der Waals surface area contributed by atoms with Crippen molar-refractivity contribution in [2.75, 3.05) is 0 Å². The minimum absolute atomic E-state index is 0.125. The summed E-state index contributed by atoms with van der Waals surface area (Å²) in [6, 6.07) is 2.55. The Balaban J connectivity index is 3.59. The van der Waals surface area contributed by atoms with Gasteiger partial charge in [0.25, 0.3) is 0 Å². The van der Waals surface area contributed by atoms with E-state index in [0.29, 0.717) is 12.6 Å². The highest BCUT2D eigenvalue weighted by molar-refractivity contribution is 6.08. The first-order valence-corrected chi connectivity index (χ1v) is 4.61. The maximum Gasteiger partial charge on any atom is 0.160 e. The molecule has 0 saturated carbocycles. The van der Waals surface area contributed by atoms with Crippen LogP contribution in [-0.2, 0) is 0 Å². The lowest BCUT2D eigenvalue weighted by molar-refractivity contribution is 0.100. The smallest absolute Gasteiger partial charge is 0.160 e. The third-order valence-corrected chi connectivity index (χ3v) is 2.23. The van der Waals surface area contributed by atoms with E-state index in [0.717, 1.165) is 0 Å². The Labute approximate surface area is 92.3 Å². The molecule has 0 fully saturated rings. The van der Waals surface area contributed by atoms with Gasteiger partial charge in [0, 0.05) is 22.3 Å². The Morgan fingerprint density at radius 1 is 0.875 bits per heavy atom. The zero-order valence-corrected chi connectivity index (χ0v) is 8.94. The van der Waals surface area contributed by atoms with Crippen LogP contribution in [0.3, 0.4) is 0 Å². The van der Waals surface area contributed by atoms with Gasteiger partial charge in [-0.2, -0.15) is 0 Å². The SMILES string of the molecule is CC(=O)c1cc(C(C)=O)c(C=O)cc1C=O. The lowest BCUT2D eigenvalue weighted by atomic mass is 9.95. The standard InChI is InChI=1S/C12H10O4/c1-7(15)11-4-12(8(2)16)10(6-14)3-9(11)5-13/h3-6H,1-2H3. The number of hydrogen-bond acceptors (Lipinski definition) is 4. The molecule has 1 aromatic rings. The second-order valence-corrected chi connectivity index (χ2v) is 3.37. The fourth-order valence-electron chi connectivity index (χ4n) is 1.44. The van der Waals surface area contributed by atoms with Crippen LogP contribution < -0.4 is 0 Å². The molecule has 0 aliphatic heterocycles. The fraction of sp³-hybridized carbons (Fsp3) is 0.167. The van der Waals surface area contributed by atoms with Gasteiger partial charge in [-0.1, -0.05) is 0 Å². The van der Waals surface area contributed by atoms with E-state index in [1.54, 1.807) is 0 Å². The Kier molecular flexibility index (Phi) is 3.45. The molecule has 0 saturated heterocycles. The molecule has 1 aromatic carbocycles. The monoisotopic (exact) mass is 218 g/mol. The minimum Gasteiger partial charge on any atom is -0.298 e. The van der Waals surface area contributed by atoms with E-state index in [2.05, 4.69) is 0 Å². The molecular formula is C12H10O4. The van der Waals surface area contributed by atoms with Gasteiger partial charge in [-0.3, -0.25) is 19.2 Å². The van der Waals surface area contributed by atoms with Gasteiger partial charge in [-0.25, -0.2) is 0 Å². The third-order valence-electron chi connectivity index (χ3n) is 2.23. The van der Waals surface area contributed by atoms with E-state index in [1.165, 1.54) is 26.0 Å². The molecule has 4 heteroatoms. The summed E-state index contributed by atoms with van der Waals surface area (Å²) < 4.78 is 0. The summed E-state index contributed by atoms with van der Waals surface area (Å²) in [6.07, 6.45) is 0.987. The first-order valence-electron chi connectivity index (χ1n) is 4.61. The van der Waals surface area contributed by atoms with Crippen LogP contribution in [0.5, 0.6) is 0 Å². The van der Waals surface area contributed by atoms with Gasteiger partial charge in [-0.15, -0.1) is 0 Å². The van der Waals surface area contributed by atoms with Crippen molar-refractivity contribution in [1.29, 1.82) is 0 Å². The Bertz CT molecular complexity index is 445. The summed E-state index contributed by atoms with van der Waals surface area (Å²) in [4.78, 5) is 43.9. The van der Waals surface area contributed by atoms with Crippen molar-refractivity contribution in [3.63, 3.8) is 0 Å². The summed E-state index contributed by atoms with van der Waals surface area (Å²) >= 11 is 0. The van der Waals surface area contributed by atoms with Crippen molar-refractivity contribution >= 4 is 24.1 Å². The topological polar surface area (TPSA) is 68.3 Å². The number of Topliss-reactive ketones (excluding diaryl/α,β-unsaturated/α-hetero) is 2. The van der Waals surface area contributed by atoms with Gasteiger partial charge in [0.15, 0.2) is 24.1 Å². The molecule has 0 atom stereocenters. The van der Waals surface area contributed by atoms with E-state index in [1.807, 2.05) is 0 Å². The maximum atomic E-state index is 11.2. The van der Waals surface area contributed by atoms with E-state index in [4.69, 9.17) is 0 Å². The molecule has 82 valence electrons. The molecule has 0 unspecified atom stereocenters. The summed E-state index contributed by atoms with van der Waals surface area (Å²) in [5.74, 6) is -0.635. The molecule has 0 N–H and O–H groups in total. The summed E-state index contributed by atoms with van der Waals surface area (Å²) in [7, 11) is 0. The Morgan fingerprint density at radius 3 is 1.50 bits per heavy atom.